The summed E-state index contributed by atoms with van der Waals surface area (Å²) in [4.78, 5) is 10.4. The summed E-state index contributed by atoms with van der Waals surface area (Å²) in [6, 6.07) is 1.90. The van der Waals surface area contributed by atoms with Gasteiger partial charge in [-0.3, -0.25) is 4.79 Å². The maximum absolute atomic E-state index is 13.4. The highest BCUT2D eigenvalue weighted by molar-refractivity contribution is 5.70. The van der Waals surface area contributed by atoms with E-state index in [2.05, 4.69) is 10.3 Å². The summed E-state index contributed by atoms with van der Waals surface area (Å²) in [5, 5.41) is 6.71. The molecule has 0 saturated carbocycles. The molecule has 18 heavy (non-hydrogen) atoms. The molecule has 0 amide bonds. The lowest BCUT2D eigenvalue weighted by Gasteiger charge is -2.09. The summed E-state index contributed by atoms with van der Waals surface area (Å²) in [5.74, 6) is -0.898. The van der Waals surface area contributed by atoms with Crippen LogP contribution in [-0.4, -0.2) is 21.3 Å². The van der Waals surface area contributed by atoms with Gasteiger partial charge in [-0.15, -0.1) is 5.10 Å². The Morgan fingerprint density at radius 3 is 2.56 bits per heavy atom. The molecule has 2 rings (SSSR count). The van der Waals surface area contributed by atoms with Gasteiger partial charge in [0.15, 0.2) is 6.29 Å². The average Bonchev–Trinajstić information content (AvgIpc) is 2.76. The van der Waals surface area contributed by atoms with Crippen LogP contribution in [0.4, 0.5) is 17.6 Å². The molecule has 1 aromatic heterocycles. The van der Waals surface area contributed by atoms with Gasteiger partial charge >= 0.3 is 6.18 Å². The van der Waals surface area contributed by atoms with Gasteiger partial charge < -0.3 is 0 Å². The van der Waals surface area contributed by atoms with E-state index in [1.807, 2.05) is 0 Å². The predicted molar refractivity (Wildman–Crippen MR) is 51.7 cm³/mol. The van der Waals surface area contributed by atoms with Crippen molar-refractivity contribution >= 4 is 6.29 Å². The van der Waals surface area contributed by atoms with Crippen molar-refractivity contribution in [1.82, 2.24) is 15.0 Å². The molecule has 0 saturated heterocycles. The Kier molecular flexibility index (Phi) is 2.85. The van der Waals surface area contributed by atoms with E-state index in [9.17, 15) is 22.4 Å². The maximum atomic E-state index is 13.4. The maximum Gasteiger partial charge on any atom is 0.416 e. The monoisotopic (exact) mass is 259 g/mol. The molecule has 0 N–H and O–H groups in total. The van der Waals surface area contributed by atoms with Crippen molar-refractivity contribution in [3.8, 4) is 5.69 Å². The van der Waals surface area contributed by atoms with Gasteiger partial charge in [-0.25, -0.2) is 9.07 Å². The van der Waals surface area contributed by atoms with Crippen LogP contribution >= 0.6 is 0 Å². The van der Waals surface area contributed by atoms with E-state index in [1.54, 1.807) is 0 Å². The van der Waals surface area contributed by atoms with Crippen molar-refractivity contribution in [3.05, 3.63) is 41.5 Å². The third-order valence-corrected chi connectivity index (χ3v) is 2.15. The first-order valence-electron chi connectivity index (χ1n) is 4.66. The first-order valence-corrected chi connectivity index (χ1v) is 4.66. The number of halogens is 4. The van der Waals surface area contributed by atoms with Gasteiger partial charge in [0, 0.05) is 0 Å². The van der Waals surface area contributed by atoms with Crippen LogP contribution in [0.2, 0.25) is 0 Å². The number of rotatable bonds is 2. The Morgan fingerprint density at radius 2 is 2.00 bits per heavy atom. The molecular weight excluding hydrogens is 254 g/mol. The van der Waals surface area contributed by atoms with Crippen molar-refractivity contribution in [2.45, 2.75) is 6.18 Å². The van der Waals surface area contributed by atoms with Crippen LogP contribution in [-0.2, 0) is 6.18 Å². The molecule has 0 atom stereocenters. The van der Waals surface area contributed by atoms with Crippen molar-refractivity contribution in [3.63, 3.8) is 0 Å². The van der Waals surface area contributed by atoms with Crippen LogP contribution in [0.5, 0.6) is 0 Å². The third kappa shape index (κ3) is 2.22. The number of benzene rings is 1. The van der Waals surface area contributed by atoms with Crippen LogP contribution in [0.1, 0.15) is 16.1 Å². The Morgan fingerprint density at radius 1 is 1.28 bits per heavy atom. The highest BCUT2D eigenvalue weighted by atomic mass is 19.4. The standard InChI is InChI=1S/C10H5F4N3O/c11-8-2-1-6(10(12,13)14)3-9(8)17-4-7(5-18)15-16-17/h1-5H. The molecule has 0 aliphatic rings. The second-order valence-corrected chi connectivity index (χ2v) is 3.37. The van der Waals surface area contributed by atoms with Crippen molar-refractivity contribution in [1.29, 1.82) is 0 Å². The summed E-state index contributed by atoms with van der Waals surface area (Å²) in [7, 11) is 0. The highest BCUT2D eigenvalue weighted by Gasteiger charge is 2.31. The fourth-order valence-corrected chi connectivity index (χ4v) is 1.31. The zero-order valence-electron chi connectivity index (χ0n) is 8.65. The molecular formula is C10H5F4N3O. The van der Waals surface area contributed by atoms with E-state index < -0.39 is 23.2 Å². The van der Waals surface area contributed by atoms with Crippen LogP contribution < -0.4 is 0 Å². The SMILES string of the molecule is O=Cc1cn(-c2cc(C(F)(F)F)ccc2F)nn1. The quantitative estimate of drug-likeness (QED) is 0.613. The molecule has 1 heterocycles. The van der Waals surface area contributed by atoms with Gasteiger partial charge in [-0.05, 0) is 18.2 Å². The molecule has 0 aliphatic carbocycles. The minimum atomic E-state index is -4.59. The molecule has 0 spiro atoms. The fourth-order valence-electron chi connectivity index (χ4n) is 1.31. The first kappa shape index (κ1) is 12.2. The number of carbonyl (C=O) groups is 1. The van der Waals surface area contributed by atoms with Gasteiger partial charge in [0.2, 0.25) is 0 Å². The zero-order valence-corrected chi connectivity index (χ0v) is 8.65. The Balaban J connectivity index is 2.52. The summed E-state index contributed by atoms with van der Waals surface area (Å²) >= 11 is 0. The van der Waals surface area contributed by atoms with Crippen LogP contribution in [0, 0.1) is 5.82 Å². The highest BCUT2D eigenvalue weighted by Crippen LogP contribution is 2.31. The lowest BCUT2D eigenvalue weighted by atomic mass is 10.2. The predicted octanol–water partition coefficient (Wildman–Crippen LogP) is 2.24. The Hall–Kier alpha value is -2.25. The lowest BCUT2D eigenvalue weighted by Crippen LogP contribution is -2.08. The molecule has 8 heteroatoms. The van der Waals surface area contributed by atoms with Crippen LogP contribution in [0.25, 0.3) is 5.69 Å². The number of aldehydes is 1. The fraction of sp³-hybridized carbons (Fsp3) is 0.100. The molecule has 2 aromatic rings. The largest absolute Gasteiger partial charge is 0.416 e. The summed E-state index contributed by atoms with van der Waals surface area (Å²) < 4.78 is 51.6. The van der Waals surface area contributed by atoms with E-state index in [0.717, 1.165) is 10.9 Å². The van der Waals surface area contributed by atoms with Gasteiger partial charge in [0.1, 0.15) is 17.2 Å². The van der Waals surface area contributed by atoms with E-state index in [1.165, 1.54) is 0 Å². The number of hydrogen-bond donors (Lipinski definition) is 0. The van der Waals surface area contributed by atoms with Crippen molar-refractivity contribution in [2.75, 3.05) is 0 Å². The molecule has 94 valence electrons. The molecule has 0 fully saturated rings. The van der Waals surface area contributed by atoms with Crippen LogP contribution in [0.15, 0.2) is 24.4 Å². The minimum Gasteiger partial charge on any atom is -0.296 e. The number of hydrogen-bond acceptors (Lipinski definition) is 3. The molecule has 1 aromatic carbocycles. The summed E-state index contributed by atoms with van der Waals surface area (Å²) in [5.41, 5.74) is -1.54. The van der Waals surface area contributed by atoms with Crippen LogP contribution in [0.3, 0.4) is 0 Å². The van der Waals surface area contributed by atoms with E-state index in [-0.39, 0.29) is 5.69 Å². The summed E-state index contributed by atoms with van der Waals surface area (Å²) in [6.45, 7) is 0. The van der Waals surface area contributed by atoms with E-state index in [4.69, 9.17) is 0 Å². The lowest BCUT2D eigenvalue weighted by molar-refractivity contribution is -0.137. The number of aromatic nitrogens is 3. The second kappa shape index (κ2) is 4.21. The number of carbonyl (C=O) groups excluding carboxylic acids is 1. The molecule has 0 radical (unpaired) electrons. The minimum absolute atomic E-state index is 0.105. The third-order valence-electron chi connectivity index (χ3n) is 2.15. The van der Waals surface area contributed by atoms with Crippen molar-refractivity contribution in [2.24, 2.45) is 0 Å². The molecule has 4 nitrogen and oxygen atoms in total. The van der Waals surface area contributed by atoms with Gasteiger partial charge in [0.25, 0.3) is 0 Å². The smallest absolute Gasteiger partial charge is 0.296 e. The summed E-state index contributed by atoms with van der Waals surface area (Å²) in [6.07, 6.45) is -3.20. The Labute approximate surface area is 97.8 Å². The van der Waals surface area contributed by atoms with E-state index >= 15 is 0 Å². The van der Waals surface area contributed by atoms with Gasteiger partial charge in [0.05, 0.1) is 11.8 Å². The van der Waals surface area contributed by atoms with Crippen molar-refractivity contribution < 1.29 is 22.4 Å². The molecule has 0 aliphatic heterocycles. The molecule has 0 bridgehead atoms. The molecule has 0 unspecified atom stereocenters. The topological polar surface area (TPSA) is 47.8 Å². The van der Waals surface area contributed by atoms with E-state index in [0.29, 0.717) is 24.5 Å². The first-order chi connectivity index (χ1) is 8.41. The van der Waals surface area contributed by atoms with Gasteiger partial charge in [-0.2, -0.15) is 13.2 Å². The average molecular weight is 259 g/mol. The van der Waals surface area contributed by atoms with Gasteiger partial charge in [-0.1, -0.05) is 5.21 Å². The number of nitrogens with zero attached hydrogens (tertiary/aromatic N) is 3. The Bertz CT molecular complexity index is 591. The zero-order chi connectivity index (χ0) is 13.3. The number of alkyl halides is 3. The normalized spacial score (nSPS) is 11.6. The second-order valence-electron chi connectivity index (χ2n) is 3.37.